The lowest BCUT2D eigenvalue weighted by Gasteiger charge is -2.32. The zero-order valence-electron chi connectivity index (χ0n) is 39.1. The molecular formula is C49H63N11O7. The van der Waals surface area contributed by atoms with E-state index in [1.807, 2.05) is 30.3 Å². The third-order valence-electron chi connectivity index (χ3n) is 11.3. The summed E-state index contributed by atoms with van der Waals surface area (Å²) in [6.07, 6.45) is 2.51. The van der Waals surface area contributed by atoms with Crippen LogP contribution in [-0.4, -0.2) is 109 Å². The molecule has 2 heterocycles. The van der Waals surface area contributed by atoms with Crippen LogP contribution in [0.5, 0.6) is 11.5 Å². The van der Waals surface area contributed by atoms with Crippen molar-refractivity contribution in [1.29, 1.82) is 5.26 Å². The van der Waals surface area contributed by atoms with Gasteiger partial charge in [0.2, 0.25) is 23.6 Å². The maximum Gasteiger partial charge on any atom is 0.255 e. The quantitative estimate of drug-likeness (QED) is 0.0594. The van der Waals surface area contributed by atoms with Crippen molar-refractivity contribution in [3.63, 3.8) is 0 Å². The topological polar surface area (TPSA) is 283 Å². The molecule has 0 saturated carbocycles. The molecule has 0 saturated heterocycles. The molecule has 1 aliphatic heterocycles. The second-order valence-corrected chi connectivity index (χ2v) is 17.4. The number of aromatic nitrogens is 2. The van der Waals surface area contributed by atoms with Gasteiger partial charge >= 0.3 is 0 Å². The number of carbonyl (C=O) groups excluding carboxylic acids is 5. The highest BCUT2D eigenvalue weighted by atomic mass is 16.5. The van der Waals surface area contributed by atoms with Gasteiger partial charge in [-0.25, -0.2) is 9.97 Å². The number of hydrogen-bond donors (Lipinski definition) is 7. The average molecular weight is 918 g/mol. The smallest absolute Gasteiger partial charge is 0.255 e. The summed E-state index contributed by atoms with van der Waals surface area (Å²) >= 11 is 0. The molecule has 67 heavy (non-hydrogen) atoms. The SMILES string of the molecule is Cc1nc(-c2ccc(C(C)(C)C)cc2)ncc1C(=O)NC(CCN)C(=O)N(C)[C@@H]1C(=O)N[C@@H](C)C(=O)N[C@H](C(=O)NCC#N)Cc2ccc(OCCCN)c(c2)-c2cc1ccc2OCCCN. The van der Waals surface area contributed by atoms with Gasteiger partial charge in [-0.15, -0.1) is 0 Å². The average Bonchev–Trinajstić information content (AvgIpc) is 3.30. The van der Waals surface area contributed by atoms with Gasteiger partial charge in [0.25, 0.3) is 5.91 Å². The van der Waals surface area contributed by atoms with Gasteiger partial charge in [-0.2, -0.15) is 5.26 Å². The summed E-state index contributed by atoms with van der Waals surface area (Å²) in [7, 11) is 1.42. The molecule has 4 aromatic rings. The predicted octanol–water partition coefficient (Wildman–Crippen LogP) is 2.70. The third kappa shape index (κ3) is 13.1. The molecular weight excluding hydrogens is 855 g/mol. The lowest BCUT2D eigenvalue weighted by Crippen LogP contribution is -2.56. The van der Waals surface area contributed by atoms with E-state index in [0.717, 1.165) is 11.1 Å². The lowest BCUT2D eigenvalue weighted by atomic mass is 9.87. The van der Waals surface area contributed by atoms with Gasteiger partial charge < -0.3 is 52.8 Å². The van der Waals surface area contributed by atoms with Gasteiger partial charge in [0.15, 0.2) is 5.82 Å². The summed E-state index contributed by atoms with van der Waals surface area (Å²) < 4.78 is 12.5. The van der Waals surface area contributed by atoms with Crippen LogP contribution in [0.1, 0.15) is 85.7 Å². The van der Waals surface area contributed by atoms with Crippen molar-refractivity contribution >= 4 is 29.5 Å². The summed E-state index contributed by atoms with van der Waals surface area (Å²) in [5.41, 5.74) is 22.0. The first kappa shape index (κ1) is 51.1. The Morgan fingerprint density at radius 1 is 0.910 bits per heavy atom. The molecule has 1 aliphatic rings. The number of aryl methyl sites for hydroxylation is 1. The number of benzene rings is 3. The highest BCUT2D eigenvalue weighted by Gasteiger charge is 2.36. The molecule has 3 aromatic carbocycles. The second-order valence-electron chi connectivity index (χ2n) is 17.4. The van der Waals surface area contributed by atoms with Crippen molar-refractivity contribution in [2.24, 2.45) is 17.2 Å². The molecule has 0 radical (unpaired) electrons. The van der Waals surface area contributed by atoms with E-state index in [-0.39, 0.29) is 50.1 Å². The number of likely N-dealkylation sites (N-methyl/N-ethyl adjacent to an activating group) is 1. The van der Waals surface area contributed by atoms with Crippen LogP contribution in [0.3, 0.4) is 0 Å². The van der Waals surface area contributed by atoms with Crippen LogP contribution in [0, 0.1) is 18.3 Å². The minimum Gasteiger partial charge on any atom is -0.493 e. The highest BCUT2D eigenvalue weighted by Crippen LogP contribution is 2.40. The fraction of sp³-hybridized carbons (Fsp3) is 0.429. The summed E-state index contributed by atoms with van der Waals surface area (Å²) in [5.74, 6) is -2.04. The molecule has 0 aliphatic carbocycles. The maximum atomic E-state index is 14.7. The standard InChI is InChI=1S/C49H63N11O7/c1-29-37(28-55-43(56-29)32-10-13-34(14-11-32)49(3,4)5)45(62)58-38(17-20-52)48(65)60(6)42-33-12-16-41(67-24-8-19-51)36(27-33)35-25-31(9-15-40(35)66-23-7-18-50)26-39(46(63)54-22-21-53)59-44(61)30(2)57-47(42)64/h9-16,25,27-28,30,38-39,42H,7-8,17-20,22-24,26,50-52H2,1-6H3,(H,54,63)(H,57,64)(H,58,62)(H,59,61)/t30-,38?,39-,42-/m0/s1. The number of fused-ring (bicyclic) bond motifs is 5. The number of nitriles is 1. The summed E-state index contributed by atoms with van der Waals surface area (Å²) in [6.45, 7) is 10.5. The van der Waals surface area contributed by atoms with Crippen LogP contribution in [0.4, 0.5) is 0 Å². The van der Waals surface area contributed by atoms with Gasteiger partial charge in [0, 0.05) is 36.4 Å². The number of ether oxygens (including phenoxy) is 2. The minimum absolute atomic E-state index is 0.00292. The van der Waals surface area contributed by atoms with Crippen LogP contribution in [-0.2, 0) is 31.0 Å². The molecule has 356 valence electrons. The van der Waals surface area contributed by atoms with E-state index < -0.39 is 53.7 Å². The zero-order valence-corrected chi connectivity index (χ0v) is 39.1. The van der Waals surface area contributed by atoms with E-state index in [9.17, 15) is 29.2 Å². The Hall–Kier alpha value is -6.94. The molecule has 5 amide bonds. The summed E-state index contributed by atoms with van der Waals surface area (Å²) in [6, 6.07) is 15.2. The molecule has 10 N–H and O–H groups in total. The first-order valence-electron chi connectivity index (χ1n) is 22.4. The van der Waals surface area contributed by atoms with Gasteiger partial charge in [-0.1, -0.05) is 57.2 Å². The molecule has 1 aromatic heterocycles. The molecule has 4 atom stereocenters. The van der Waals surface area contributed by atoms with E-state index in [1.165, 1.54) is 25.1 Å². The Kier molecular flexibility index (Phi) is 17.9. The molecule has 0 fully saturated rings. The Bertz CT molecular complexity index is 2450. The Balaban J connectivity index is 1.57. The molecule has 5 rings (SSSR count). The highest BCUT2D eigenvalue weighted by molar-refractivity contribution is 6.00. The van der Waals surface area contributed by atoms with E-state index in [1.54, 1.807) is 43.3 Å². The largest absolute Gasteiger partial charge is 0.493 e. The molecule has 18 nitrogen and oxygen atoms in total. The van der Waals surface area contributed by atoms with Crippen LogP contribution in [0.15, 0.2) is 66.9 Å². The minimum atomic E-state index is -1.40. The molecule has 1 unspecified atom stereocenters. The fourth-order valence-electron chi connectivity index (χ4n) is 7.51. The first-order chi connectivity index (χ1) is 32.0. The van der Waals surface area contributed by atoms with Gasteiger partial charge in [-0.05, 0) is 99.1 Å². The number of nitrogens with two attached hydrogens (primary N) is 3. The van der Waals surface area contributed by atoms with E-state index >= 15 is 0 Å². The monoisotopic (exact) mass is 917 g/mol. The number of rotatable bonds is 17. The maximum absolute atomic E-state index is 14.7. The lowest BCUT2D eigenvalue weighted by molar-refractivity contribution is -0.141. The van der Waals surface area contributed by atoms with Gasteiger partial charge in [0.05, 0.1) is 30.5 Å². The summed E-state index contributed by atoms with van der Waals surface area (Å²) in [4.78, 5) is 80.7. The first-order valence-corrected chi connectivity index (χ1v) is 22.4. The number of hydrogen-bond acceptors (Lipinski definition) is 13. The number of amides is 5. The summed E-state index contributed by atoms with van der Waals surface area (Å²) in [5, 5.41) is 20.0. The number of carbonyl (C=O) groups is 5. The van der Waals surface area contributed by atoms with Crippen LogP contribution in [0.25, 0.3) is 22.5 Å². The van der Waals surface area contributed by atoms with Crippen molar-refractivity contribution in [3.05, 3.63) is 94.8 Å². The van der Waals surface area contributed by atoms with E-state index in [0.29, 0.717) is 71.2 Å². The van der Waals surface area contributed by atoms with E-state index in [2.05, 4.69) is 52.0 Å². The van der Waals surface area contributed by atoms with Crippen molar-refractivity contribution < 1.29 is 33.4 Å². The molecule has 4 bridgehead atoms. The molecule has 18 heteroatoms. The van der Waals surface area contributed by atoms with Crippen molar-refractivity contribution in [1.82, 2.24) is 36.1 Å². The van der Waals surface area contributed by atoms with Crippen LogP contribution >= 0.6 is 0 Å². The zero-order chi connectivity index (χ0) is 48.8. The fourth-order valence-corrected chi connectivity index (χ4v) is 7.51. The Morgan fingerprint density at radius 2 is 1.55 bits per heavy atom. The predicted molar refractivity (Wildman–Crippen MR) is 253 cm³/mol. The van der Waals surface area contributed by atoms with Gasteiger partial charge in [0.1, 0.15) is 42.2 Å². The van der Waals surface area contributed by atoms with Crippen LogP contribution in [0.2, 0.25) is 0 Å². The normalized spacial score (nSPS) is 16.6. The number of nitrogens with zero attached hydrogens (tertiary/aromatic N) is 4. The Labute approximate surface area is 391 Å². The van der Waals surface area contributed by atoms with Crippen molar-refractivity contribution in [3.8, 4) is 40.1 Å². The van der Waals surface area contributed by atoms with E-state index in [4.69, 9.17) is 26.7 Å². The van der Waals surface area contributed by atoms with Crippen molar-refractivity contribution in [2.45, 2.75) is 89.9 Å². The van der Waals surface area contributed by atoms with Gasteiger partial charge in [-0.3, -0.25) is 24.0 Å². The molecule has 0 spiro atoms. The number of nitrogens with one attached hydrogen (secondary N) is 4. The second kappa shape index (κ2) is 23.5. The Morgan fingerprint density at radius 3 is 2.15 bits per heavy atom. The van der Waals surface area contributed by atoms with Crippen molar-refractivity contribution in [2.75, 3.05) is 46.4 Å². The van der Waals surface area contributed by atoms with Crippen LogP contribution < -0.4 is 47.9 Å². The third-order valence-corrected chi connectivity index (χ3v) is 11.3.